The predicted octanol–water partition coefficient (Wildman–Crippen LogP) is 18.5. The van der Waals surface area contributed by atoms with Crippen molar-refractivity contribution in [3.05, 3.63) is 120 Å². The fraction of sp³-hybridized carbons (Fsp3) is 0.414. The third kappa shape index (κ3) is 7.18. The molecule has 0 unspecified atom stereocenters. The van der Waals surface area contributed by atoms with Gasteiger partial charge in [0, 0.05) is 0 Å². The Bertz CT molecular complexity index is 2550. The minimum Gasteiger partial charge on any atom is -0.0654 e. The first kappa shape index (κ1) is 40.4. The molecule has 0 aliphatic heterocycles. The van der Waals surface area contributed by atoms with Gasteiger partial charge in [0.05, 0.1) is 0 Å². The Labute approximate surface area is 349 Å². The molecular formula is C58H68. The molecule has 8 aromatic carbocycles. The first-order valence-corrected chi connectivity index (χ1v) is 23.6. The molecular weight excluding hydrogens is 697 g/mol. The average molecular weight is 765 g/mol. The first-order valence-electron chi connectivity index (χ1n) is 23.6. The lowest BCUT2D eigenvalue weighted by Crippen LogP contribution is -2.27. The van der Waals surface area contributed by atoms with Crippen LogP contribution in [0.2, 0.25) is 0 Å². The van der Waals surface area contributed by atoms with Gasteiger partial charge in [-0.25, -0.2) is 0 Å². The van der Waals surface area contributed by atoms with Crippen molar-refractivity contribution in [3.63, 3.8) is 0 Å². The minimum atomic E-state index is 0.203. The predicted molar refractivity (Wildman–Crippen MR) is 259 cm³/mol. The van der Waals surface area contributed by atoms with E-state index in [0.717, 1.165) is 0 Å². The zero-order valence-electron chi connectivity index (χ0n) is 36.7. The lowest BCUT2D eigenvalue weighted by atomic mass is 9.67. The van der Waals surface area contributed by atoms with Crippen LogP contribution in [-0.2, 0) is 10.8 Å². The van der Waals surface area contributed by atoms with Gasteiger partial charge in [0.25, 0.3) is 0 Å². The van der Waals surface area contributed by atoms with Crippen LogP contribution in [0, 0.1) is 0 Å². The summed E-state index contributed by atoms with van der Waals surface area (Å²) >= 11 is 0. The van der Waals surface area contributed by atoms with E-state index in [1.165, 1.54) is 178 Å². The van der Waals surface area contributed by atoms with E-state index in [1.807, 2.05) is 0 Å². The van der Waals surface area contributed by atoms with Gasteiger partial charge in [0.2, 0.25) is 0 Å². The van der Waals surface area contributed by atoms with Crippen molar-refractivity contribution < 1.29 is 0 Å². The summed E-state index contributed by atoms with van der Waals surface area (Å²) in [5, 5.41) is 16.8. The molecule has 0 aliphatic carbocycles. The Kier molecular flexibility index (Phi) is 12.1. The van der Waals surface area contributed by atoms with Crippen LogP contribution in [0.4, 0.5) is 0 Å². The zero-order valence-corrected chi connectivity index (χ0v) is 36.7. The van der Waals surface area contributed by atoms with Crippen LogP contribution < -0.4 is 0 Å². The van der Waals surface area contributed by atoms with Crippen molar-refractivity contribution in [1.29, 1.82) is 0 Å². The molecule has 300 valence electrons. The van der Waals surface area contributed by atoms with E-state index < -0.39 is 0 Å². The van der Waals surface area contributed by atoms with Gasteiger partial charge in [-0.1, -0.05) is 191 Å². The normalized spacial score (nSPS) is 12.7. The van der Waals surface area contributed by atoms with E-state index >= 15 is 0 Å². The third-order valence-electron chi connectivity index (χ3n) is 14.4. The summed E-state index contributed by atoms with van der Waals surface area (Å²) in [4.78, 5) is 0. The molecule has 0 heterocycles. The van der Waals surface area contributed by atoms with Gasteiger partial charge in [-0.15, -0.1) is 0 Å². The molecule has 0 radical (unpaired) electrons. The van der Waals surface area contributed by atoms with E-state index in [4.69, 9.17) is 0 Å². The van der Waals surface area contributed by atoms with Crippen molar-refractivity contribution >= 4 is 64.6 Å². The van der Waals surface area contributed by atoms with Gasteiger partial charge in [-0.3, -0.25) is 0 Å². The van der Waals surface area contributed by atoms with E-state index in [2.05, 4.69) is 151 Å². The first-order chi connectivity index (χ1) is 28.4. The summed E-state index contributed by atoms with van der Waals surface area (Å²) in [6.07, 6.45) is 20.3. The van der Waals surface area contributed by atoms with Crippen LogP contribution in [0.15, 0.2) is 109 Å². The maximum Gasteiger partial charge on any atom is -0.00201 e. The zero-order chi connectivity index (χ0) is 40.3. The van der Waals surface area contributed by atoms with E-state index in [-0.39, 0.29) is 10.8 Å². The van der Waals surface area contributed by atoms with Crippen LogP contribution in [-0.4, -0.2) is 0 Å². The largest absolute Gasteiger partial charge is 0.0654 e. The smallest absolute Gasteiger partial charge is 0.00201 e. The average Bonchev–Trinajstić information content (AvgIpc) is 3.26. The Morgan fingerprint density at radius 3 is 1.34 bits per heavy atom. The molecule has 8 rings (SSSR count). The molecule has 0 bridgehead atoms. The molecule has 0 nitrogen and oxygen atoms in total. The van der Waals surface area contributed by atoms with Gasteiger partial charge in [-0.2, -0.15) is 0 Å². The highest BCUT2D eigenvalue weighted by molar-refractivity contribution is 6.34. The molecule has 0 saturated heterocycles. The molecule has 0 aliphatic rings. The van der Waals surface area contributed by atoms with Crippen molar-refractivity contribution in [2.75, 3.05) is 0 Å². The highest BCUT2D eigenvalue weighted by Gasteiger charge is 2.34. The van der Waals surface area contributed by atoms with E-state index in [0.29, 0.717) is 0 Å². The molecule has 0 atom stereocenters. The van der Waals surface area contributed by atoms with Crippen LogP contribution in [0.3, 0.4) is 0 Å². The lowest BCUT2D eigenvalue weighted by Gasteiger charge is -2.37. The van der Waals surface area contributed by atoms with Gasteiger partial charge in [-0.05, 0) is 161 Å². The molecule has 0 N–H and O–H groups in total. The second-order valence-corrected chi connectivity index (χ2v) is 18.2. The summed E-state index contributed by atoms with van der Waals surface area (Å²) in [6, 6.07) is 43.5. The number of hydrogen-bond donors (Lipinski definition) is 0. The maximum absolute atomic E-state index is 2.71. The Balaban J connectivity index is 1.49. The van der Waals surface area contributed by atoms with Gasteiger partial charge >= 0.3 is 0 Å². The van der Waals surface area contributed by atoms with Crippen molar-refractivity contribution in [2.24, 2.45) is 0 Å². The molecule has 0 spiro atoms. The van der Waals surface area contributed by atoms with Crippen molar-refractivity contribution in [1.82, 2.24) is 0 Å². The van der Waals surface area contributed by atoms with Crippen molar-refractivity contribution in [3.8, 4) is 11.1 Å². The highest BCUT2D eigenvalue weighted by Crippen LogP contribution is 2.50. The standard InChI is InChI=1S/C58H68/c1-7-13-31-57(29-11-5,32-14-8-2)45-36-44-37-46(58(30-12-6,33-15-9-3)34-16-10-4)40-54-51-28-27-48(49-25-20-26-50(56(49)51)53(39-45)55(44)54)47-24-19-23-43-35-41-21-17-18-22-42(41)38-52(43)47/h17-28,35-40H,7-16,29-34H2,1-6H3. The summed E-state index contributed by atoms with van der Waals surface area (Å²) in [6.45, 7) is 14.4. The minimum absolute atomic E-state index is 0.203. The van der Waals surface area contributed by atoms with Crippen LogP contribution >= 0.6 is 0 Å². The van der Waals surface area contributed by atoms with E-state index in [1.54, 1.807) is 11.1 Å². The summed E-state index contributed by atoms with van der Waals surface area (Å²) in [7, 11) is 0. The molecule has 0 heteroatoms. The fourth-order valence-corrected chi connectivity index (χ4v) is 11.5. The second-order valence-electron chi connectivity index (χ2n) is 18.2. The summed E-state index contributed by atoms with van der Waals surface area (Å²) in [5.41, 5.74) is 6.27. The number of benzene rings is 8. The number of hydrogen-bond acceptors (Lipinski definition) is 0. The maximum atomic E-state index is 2.71. The Morgan fingerprint density at radius 2 is 0.793 bits per heavy atom. The fourth-order valence-electron chi connectivity index (χ4n) is 11.5. The monoisotopic (exact) mass is 765 g/mol. The molecule has 0 aromatic heterocycles. The third-order valence-corrected chi connectivity index (χ3v) is 14.4. The van der Waals surface area contributed by atoms with Crippen molar-refractivity contribution in [2.45, 2.75) is 155 Å². The number of fused-ring (bicyclic) bond motifs is 4. The summed E-state index contributed by atoms with van der Waals surface area (Å²) < 4.78 is 0. The molecule has 8 aromatic rings. The van der Waals surface area contributed by atoms with Gasteiger partial charge in [0.15, 0.2) is 0 Å². The number of rotatable bonds is 19. The Hall–Kier alpha value is -4.42. The van der Waals surface area contributed by atoms with Crippen LogP contribution in [0.25, 0.3) is 75.8 Å². The lowest BCUT2D eigenvalue weighted by molar-refractivity contribution is 0.314. The van der Waals surface area contributed by atoms with E-state index in [9.17, 15) is 0 Å². The topological polar surface area (TPSA) is 0 Å². The SMILES string of the molecule is CCCCC(CCC)(CCCC)c1cc2cc(C(CCC)(CCCC)CCCC)cc3c4ccc(-c5cccc6cc7ccccc7cc56)c5cccc(c(c1)c23)c54. The second kappa shape index (κ2) is 17.4. The Morgan fingerprint density at radius 1 is 0.310 bits per heavy atom. The van der Waals surface area contributed by atoms with Gasteiger partial charge < -0.3 is 0 Å². The van der Waals surface area contributed by atoms with Crippen LogP contribution in [0.1, 0.15) is 155 Å². The van der Waals surface area contributed by atoms with Crippen LogP contribution in [0.5, 0.6) is 0 Å². The molecule has 0 fully saturated rings. The molecule has 58 heavy (non-hydrogen) atoms. The highest BCUT2D eigenvalue weighted by atomic mass is 14.4. The molecule has 0 saturated carbocycles. The summed E-state index contributed by atoms with van der Waals surface area (Å²) in [5.74, 6) is 0. The molecule has 0 amide bonds. The van der Waals surface area contributed by atoms with Gasteiger partial charge in [0.1, 0.15) is 0 Å². The quantitative estimate of drug-likeness (QED) is 0.0568. The number of unbranched alkanes of at least 4 members (excludes halogenated alkanes) is 4.